The summed E-state index contributed by atoms with van der Waals surface area (Å²) >= 11 is 0. The molecule has 43 heavy (non-hydrogen) atoms. The van der Waals surface area contributed by atoms with Gasteiger partial charge >= 0.3 is 0 Å². The van der Waals surface area contributed by atoms with Crippen molar-refractivity contribution in [2.24, 2.45) is 0 Å². The van der Waals surface area contributed by atoms with E-state index in [9.17, 15) is 0 Å². The Hall–Kier alpha value is -3.94. The Morgan fingerprint density at radius 1 is 0.419 bits per heavy atom. The van der Waals surface area contributed by atoms with Crippen LogP contribution in [-0.2, 0) is 10.8 Å². The quantitative estimate of drug-likeness (QED) is 0.143. The van der Waals surface area contributed by atoms with E-state index >= 15 is 0 Å². The Morgan fingerprint density at radius 3 is 1.35 bits per heavy atom. The van der Waals surface area contributed by atoms with E-state index in [1.165, 1.54) is 66.1 Å². The summed E-state index contributed by atoms with van der Waals surface area (Å²) in [6, 6.07) is 42.0. The van der Waals surface area contributed by atoms with Crippen molar-refractivity contribution in [3.8, 4) is 33.4 Å². The van der Waals surface area contributed by atoms with Gasteiger partial charge in [0.05, 0.1) is 0 Å². The Bertz CT molecular complexity index is 2030. The molecule has 1 aliphatic rings. The topological polar surface area (TPSA) is 0 Å². The first-order valence-electron chi connectivity index (χ1n) is 15.7. The molecular weight excluding hydrogens is 533 g/mol. The van der Waals surface area contributed by atoms with Crippen LogP contribution < -0.4 is 10.4 Å². The predicted molar refractivity (Wildman–Crippen MR) is 192 cm³/mol. The molecule has 0 aliphatic carbocycles. The number of benzene rings is 6. The monoisotopic (exact) mass is 574 g/mol. The minimum atomic E-state index is -1.85. The molecule has 0 saturated heterocycles. The van der Waals surface area contributed by atoms with Gasteiger partial charge in [-0.3, -0.25) is 0 Å². The van der Waals surface area contributed by atoms with E-state index in [1.807, 2.05) is 0 Å². The van der Waals surface area contributed by atoms with Crippen LogP contribution in [-0.4, -0.2) is 8.07 Å². The Balaban J connectivity index is 1.61. The van der Waals surface area contributed by atoms with E-state index in [4.69, 9.17) is 0 Å². The highest BCUT2D eigenvalue weighted by molar-refractivity contribution is 7.04. The highest BCUT2D eigenvalue weighted by Gasteiger charge is 2.38. The van der Waals surface area contributed by atoms with Gasteiger partial charge in [0.25, 0.3) is 0 Å². The normalized spacial score (nSPS) is 14.2. The second kappa shape index (κ2) is 9.53. The standard InChI is InChI=1S/C42H42Si/c1-41(2,3)29-21-17-27(18-22-29)39-32-14-9-10-15-33(32)40(28-19-23-30(24-20-28)42(4,5)6)36-26-38-34(25-35(36)39)31-13-11-12-16-37(31)43(38,7)8/h9-26H,1-8H3. The molecule has 0 fully saturated rings. The Morgan fingerprint density at radius 2 is 0.860 bits per heavy atom. The van der Waals surface area contributed by atoms with Crippen LogP contribution in [0.25, 0.3) is 54.9 Å². The molecule has 0 amide bonds. The van der Waals surface area contributed by atoms with Crippen molar-refractivity contribution in [3.63, 3.8) is 0 Å². The minimum Gasteiger partial charge on any atom is -0.0623 e. The molecule has 1 heteroatoms. The van der Waals surface area contributed by atoms with E-state index in [-0.39, 0.29) is 10.8 Å². The van der Waals surface area contributed by atoms with Gasteiger partial charge in [-0.15, -0.1) is 0 Å². The molecule has 214 valence electrons. The van der Waals surface area contributed by atoms with Crippen LogP contribution in [0.1, 0.15) is 52.7 Å². The number of fused-ring (bicyclic) bond motifs is 5. The van der Waals surface area contributed by atoms with Crippen molar-refractivity contribution in [2.45, 2.75) is 65.5 Å². The Kier molecular flexibility index (Phi) is 6.17. The molecule has 1 heterocycles. The summed E-state index contributed by atoms with van der Waals surface area (Å²) in [5, 5.41) is 8.45. The fourth-order valence-electron chi connectivity index (χ4n) is 7.27. The van der Waals surface area contributed by atoms with Crippen LogP contribution >= 0.6 is 0 Å². The third-order valence-corrected chi connectivity index (χ3v) is 13.3. The van der Waals surface area contributed by atoms with Crippen LogP contribution in [0.15, 0.2) is 109 Å². The molecule has 0 bridgehead atoms. The van der Waals surface area contributed by atoms with Gasteiger partial charge in [-0.1, -0.05) is 158 Å². The molecule has 6 aromatic rings. The van der Waals surface area contributed by atoms with Crippen LogP contribution in [0, 0.1) is 0 Å². The average Bonchev–Trinajstić information content (AvgIpc) is 3.20. The zero-order valence-corrected chi connectivity index (χ0v) is 27.9. The lowest BCUT2D eigenvalue weighted by Gasteiger charge is -2.23. The molecule has 7 rings (SSSR count). The number of hydrogen-bond acceptors (Lipinski definition) is 0. The maximum Gasteiger partial charge on any atom is 0.113 e. The van der Waals surface area contributed by atoms with Gasteiger partial charge in [0.2, 0.25) is 0 Å². The van der Waals surface area contributed by atoms with Gasteiger partial charge in [-0.25, -0.2) is 0 Å². The fourth-order valence-corrected chi connectivity index (χ4v) is 10.3. The highest BCUT2D eigenvalue weighted by atomic mass is 28.3. The first-order chi connectivity index (χ1) is 20.4. The third kappa shape index (κ3) is 4.40. The average molecular weight is 575 g/mol. The van der Waals surface area contributed by atoms with E-state index in [0.717, 1.165) is 0 Å². The van der Waals surface area contributed by atoms with Crippen molar-refractivity contribution in [1.82, 2.24) is 0 Å². The number of rotatable bonds is 2. The first kappa shape index (κ1) is 27.9. The zero-order chi connectivity index (χ0) is 30.3. The van der Waals surface area contributed by atoms with Crippen LogP contribution in [0.2, 0.25) is 13.1 Å². The lowest BCUT2D eigenvalue weighted by atomic mass is 9.82. The second-order valence-electron chi connectivity index (χ2n) is 15.1. The molecule has 0 unspecified atom stereocenters. The minimum absolute atomic E-state index is 0.118. The number of hydrogen-bond donors (Lipinski definition) is 0. The second-order valence-corrected chi connectivity index (χ2v) is 19.4. The molecule has 0 N–H and O–H groups in total. The molecule has 0 radical (unpaired) electrons. The van der Waals surface area contributed by atoms with Gasteiger partial charge in [0.1, 0.15) is 8.07 Å². The largest absolute Gasteiger partial charge is 0.113 e. The maximum atomic E-state index is 2.59. The van der Waals surface area contributed by atoms with E-state index in [0.29, 0.717) is 0 Å². The van der Waals surface area contributed by atoms with E-state index in [2.05, 4.69) is 164 Å². The summed E-state index contributed by atoms with van der Waals surface area (Å²) in [7, 11) is -1.85. The summed E-state index contributed by atoms with van der Waals surface area (Å²) in [6.45, 7) is 18.8. The van der Waals surface area contributed by atoms with E-state index in [1.54, 1.807) is 10.4 Å². The molecule has 0 aromatic heterocycles. The molecule has 0 atom stereocenters. The van der Waals surface area contributed by atoms with Gasteiger partial charge < -0.3 is 0 Å². The van der Waals surface area contributed by atoms with Gasteiger partial charge in [-0.05, 0) is 93.3 Å². The van der Waals surface area contributed by atoms with Crippen molar-refractivity contribution < 1.29 is 0 Å². The summed E-state index contributed by atoms with van der Waals surface area (Å²) in [5.41, 5.74) is 11.1. The predicted octanol–water partition coefficient (Wildman–Crippen LogP) is 10.7. The summed E-state index contributed by atoms with van der Waals surface area (Å²) in [6.07, 6.45) is 0. The molecule has 0 spiro atoms. The molecule has 6 aromatic carbocycles. The van der Waals surface area contributed by atoms with E-state index < -0.39 is 8.07 Å². The lowest BCUT2D eigenvalue weighted by molar-refractivity contribution is 0.590. The van der Waals surface area contributed by atoms with Crippen molar-refractivity contribution in [1.29, 1.82) is 0 Å². The van der Waals surface area contributed by atoms with Crippen molar-refractivity contribution in [3.05, 3.63) is 120 Å². The molecule has 1 aliphatic heterocycles. The van der Waals surface area contributed by atoms with Crippen LogP contribution in [0.4, 0.5) is 0 Å². The fraction of sp³-hybridized carbons (Fsp3) is 0.238. The molecular formula is C42H42Si. The molecule has 0 nitrogen and oxygen atoms in total. The van der Waals surface area contributed by atoms with Gasteiger partial charge in [-0.2, -0.15) is 0 Å². The van der Waals surface area contributed by atoms with Crippen molar-refractivity contribution in [2.75, 3.05) is 0 Å². The SMILES string of the molecule is CC(C)(C)c1ccc(-c2c3ccccc3c(-c3ccc(C(C)(C)C)cc3)c3cc4c(cc23)-c2ccccc2[Si]4(C)C)cc1. The van der Waals surface area contributed by atoms with Crippen molar-refractivity contribution >= 4 is 40.0 Å². The summed E-state index contributed by atoms with van der Waals surface area (Å²) < 4.78 is 0. The van der Waals surface area contributed by atoms with Gasteiger partial charge in [0.15, 0.2) is 0 Å². The smallest absolute Gasteiger partial charge is 0.0623 e. The molecule has 0 saturated carbocycles. The first-order valence-corrected chi connectivity index (χ1v) is 18.7. The Labute approximate surface area is 258 Å². The lowest BCUT2D eigenvalue weighted by Crippen LogP contribution is -2.49. The maximum absolute atomic E-state index is 2.59. The highest BCUT2D eigenvalue weighted by Crippen LogP contribution is 2.46. The van der Waals surface area contributed by atoms with Gasteiger partial charge in [0, 0.05) is 0 Å². The summed E-state index contributed by atoms with van der Waals surface area (Å²) in [4.78, 5) is 0. The van der Waals surface area contributed by atoms with Crippen LogP contribution in [0.3, 0.4) is 0 Å². The third-order valence-electron chi connectivity index (χ3n) is 9.81. The summed E-state index contributed by atoms with van der Waals surface area (Å²) in [5.74, 6) is 0. The zero-order valence-electron chi connectivity index (χ0n) is 26.9. The van der Waals surface area contributed by atoms with Crippen LogP contribution in [0.5, 0.6) is 0 Å².